The first kappa shape index (κ1) is 20.8. The predicted octanol–water partition coefficient (Wildman–Crippen LogP) is 9.50. The van der Waals surface area contributed by atoms with Crippen LogP contribution in [0.3, 0.4) is 0 Å². The molecule has 0 aliphatic rings. The van der Waals surface area contributed by atoms with Crippen molar-refractivity contribution < 1.29 is 0 Å². The zero-order valence-electron chi connectivity index (χ0n) is 19.3. The molecule has 0 nitrogen and oxygen atoms in total. The first-order chi connectivity index (χ1) is 15.8. The summed E-state index contributed by atoms with van der Waals surface area (Å²) >= 11 is 0. The van der Waals surface area contributed by atoms with E-state index in [0.717, 1.165) is 6.42 Å². The highest BCUT2D eigenvalue weighted by molar-refractivity contribution is 6.13. The number of aryl methyl sites for hydroxylation is 2. The zero-order chi connectivity index (χ0) is 21.9. The number of hydrogen-bond donors (Lipinski definition) is 0. The standard InChI is InChI=1S/C32H32/c1-3-5-9-23-13-15-26-21-29(18-17-25(26)19-23)32-30-12-8-7-11-27(30)22-28-16-14-24(10-6-4-2)20-31(28)32/h7-8,11-22H,3-6,9-10H2,1-2H3. The van der Waals surface area contributed by atoms with Gasteiger partial charge >= 0.3 is 0 Å². The Hall–Kier alpha value is -3.12. The van der Waals surface area contributed by atoms with Crippen molar-refractivity contribution in [1.82, 2.24) is 0 Å². The highest BCUT2D eigenvalue weighted by Crippen LogP contribution is 2.38. The van der Waals surface area contributed by atoms with Crippen molar-refractivity contribution in [2.45, 2.75) is 52.4 Å². The van der Waals surface area contributed by atoms with Crippen molar-refractivity contribution >= 4 is 32.3 Å². The summed E-state index contributed by atoms with van der Waals surface area (Å²) in [6.07, 6.45) is 7.29. The van der Waals surface area contributed by atoms with Crippen molar-refractivity contribution in [3.63, 3.8) is 0 Å². The molecule has 0 heteroatoms. The smallest absolute Gasteiger partial charge is 0.00265 e. The molecule has 0 heterocycles. The minimum Gasteiger partial charge on any atom is -0.0654 e. The Kier molecular flexibility index (Phi) is 5.95. The Morgan fingerprint density at radius 3 is 1.91 bits per heavy atom. The van der Waals surface area contributed by atoms with Gasteiger partial charge in [0.15, 0.2) is 0 Å². The fourth-order valence-electron chi connectivity index (χ4n) is 4.94. The molecule has 0 saturated carbocycles. The van der Waals surface area contributed by atoms with E-state index in [4.69, 9.17) is 0 Å². The molecule has 0 aromatic heterocycles. The van der Waals surface area contributed by atoms with Crippen LogP contribution in [0.15, 0.2) is 84.9 Å². The van der Waals surface area contributed by atoms with E-state index >= 15 is 0 Å². The quantitative estimate of drug-likeness (QED) is 0.232. The third-order valence-electron chi connectivity index (χ3n) is 6.76. The minimum absolute atomic E-state index is 1.15. The zero-order valence-corrected chi connectivity index (χ0v) is 19.3. The van der Waals surface area contributed by atoms with Gasteiger partial charge < -0.3 is 0 Å². The Labute approximate surface area is 191 Å². The van der Waals surface area contributed by atoms with Gasteiger partial charge in [-0.2, -0.15) is 0 Å². The van der Waals surface area contributed by atoms with Crippen LogP contribution >= 0.6 is 0 Å². The van der Waals surface area contributed by atoms with Crippen LogP contribution in [0.25, 0.3) is 43.4 Å². The first-order valence-electron chi connectivity index (χ1n) is 12.2. The van der Waals surface area contributed by atoms with Crippen LogP contribution in [0.4, 0.5) is 0 Å². The van der Waals surface area contributed by atoms with Crippen LogP contribution in [0.5, 0.6) is 0 Å². The highest BCUT2D eigenvalue weighted by Gasteiger charge is 2.11. The lowest BCUT2D eigenvalue weighted by Gasteiger charge is -2.14. The first-order valence-corrected chi connectivity index (χ1v) is 12.2. The van der Waals surface area contributed by atoms with Crippen molar-refractivity contribution in [3.05, 3.63) is 96.1 Å². The maximum atomic E-state index is 2.44. The minimum atomic E-state index is 1.15. The fraction of sp³-hybridized carbons (Fsp3) is 0.250. The second kappa shape index (κ2) is 9.17. The summed E-state index contributed by atoms with van der Waals surface area (Å²) in [6.45, 7) is 4.53. The summed E-state index contributed by atoms with van der Waals surface area (Å²) in [6, 6.07) is 32.3. The van der Waals surface area contributed by atoms with Crippen LogP contribution in [0.1, 0.15) is 50.7 Å². The van der Waals surface area contributed by atoms with E-state index in [0.29, 0.717) is 0 Å². The van der Waals surface area contributed by atoms with Crippen molar-refractivity contribution in [3.8, 4) is 11.1 Å². The van der Waals surface area contributed by atoms with Gasteiger partial charge in [0.25, 0.3) is 0 Å². The lowest BCUT2D eigenvalue weighted by Crippen LogP contribution is -1.90. The monoisotopic (exact) mass is 416 g/mol. The number of unbranched alkanes of at least 4 members (excludes halogenated alkanes) is 2. The topological polar surface area (TPSA) is 0 Å². The molecular weight excluding hydrogens is 384 g/mol. The fourth-order valence-corrected chi connectivity index (χ4v) is 4.94. The molecular formula is C32H32. The van der Waals surface area contributed by atoms with Gasteiger partial charge in [-0.25, -0.2) is 0 Å². The molecule has 5 aromatic carbocycles. The van der Waals surface area contributed by atoms with Gasteiger partial charge in [0, 0.05) is 0 Å². The number of hydrogen-bond acceptors (Lipinski definition) is 0. The molecule has 160 valence electrons. The van der Waals surface area contributed by atoms with Crippen LogP contribution in [0, 0.1) is 0 Å². The van der Waals surface area contributed by atoms with Gasteiger partial charge in [-0.15, -0.1) is 0 Å². The van der Waals surface area contributed by atoms with Crippen molar-refractivity contribution in [2.24, 2.45) is 0 Å². The van der Waals surface area contributed by atoms with Gasteiger partial charge in [-0.05, 0) is 92.4 Å². The summed E-state index contributed by atoms with van der Waals surface area (Å²) in [7, 11) is 0. The molecule has 32 heavy (non-hydrogen) atoms. The Bertz CT molecular complexity index is 1390. The largest absolute Gasteiger partial charge is 0.0654 e. The van der Waals surface area contributed by atoms with Crippen LogP contribution in [0.2, 0.25) is 0 Å². The maximum Gasteiger partial charge on any atom is -0.00265 e. The molecule has 5 rings (SSSR count). The summed E-state index contributed by atoms with van der Waals surface area (Å²) in [4.78, 5) is 0. The molecule has 5 aromatic rings. The molecule has 0 radical (unpaired) electrons. The Morgan fingerprint density at radius 1 is 0.500 bits per heavy atom. The maximum absolute atomic E-state index is 2.44. The van der Waals surface area contributed by atoms with Crippen molar-refractivity contribution in [1.29, 1.82) is 0 Å². The molecule has 0 bridgehead atoms. The average molecular weight is 417 g/mol. The highest BCUT2D eigenvalue weighted by atomic mass is 14.2. The van der Waals surface area contributed by atoms with Gasteiger partial charge in [0.05, 0.1) is 0 Å². The molecule has 0 unspecified atom stereocenters. The van der Waals surface area contributed by atoms with E-state index in [9.17, 15) is 0 Å². The third kappa shape index (κ3) is 4.02. The summed E-state index contributed by atoms with van der Waals surface area (Å²) in [5.74, 6) is 0. The summed E-state index contributed by atoms with van der Waals surface area (Å²) in [5, 5.41) is 8.02. The average Bonchev–Trinajstić information content (AvgIpc) is 2.84. The van der Waals surface area contributed by atoms with Crippen molar-refractivity contribution in [2.75, 3.05) is 0 Å². The second-order valence-corrected chi connectivity index (χ2v) is 9.13. The Balaban J connectivity index is 1.70. The number of rotatable bonds is 7. The van der Waals surface area contributed by atoms with Crippen LogP contribution < -0.4 is 0 Å². The molecule has 0 saturated heterocycles. The molecule has 0 spiro atoms. The lowest BCUT2D eigenvalue weighted by molar-refractivity contribution is 0.796. The van der Waals surface area contributed by atoms with Gasteiger partial charge in [0.2, 0.25) is 0 Å². The van der Waals surface area contributed by atoms with E-state index in [1.165, 1.54) is 86.7 Å². The van der Waals surface area contributed by atoms with Crippen LogP contribution in [-0.2, 0) is 12.8 Å². The molecule has 0 N–H and O–H groups in total. The predicted molar refractivity (Wildman–Crippen MR) is 142 cm³/mol. The third-order valence-corrected chi connectivity index (χ3v) is 6.76. The SMILES string of the molecule is CCCCc1ccc2cc(-c3c4ccccc4cc4ccc(CCCC)cc34)ccc2c1. The normalized spacial score (nSPS) is 11.6. The van der Waals surface area contributed by atoms with E-state index in [1.54, 1.807) is 0 Å². The number of benzene rings is 5. The number of fused-ring (bicyclic) bond motifs is 3. The molecule has 0 fully saturated rings. The van der Waals surface area contributed by atoms with Gasteiger partial charge in [-0.1, -0.05) is 99.5 Å². The lowest BCUT2D eigenvalue weighted by atomic mass is 9.89. The molecule has 0 aliphatic carbocycles. The van der Waals surface area contributed by atoms with E-state index in [-0.39, 0.29) is 0 Å². The molecule has 0 atom stereocenters. The second-order valence-electron chi connectivity index (χ2n) is 9.13. The Morgan fingerprint density at radius 2 is 1.12 bits per heavy atom. The van der Waals surface area contributed by atoms with Gasteiger partial charge in [-0.3, -0.25) is 0 Å². The molecule has 0 amide bonds. The van der Waals surface area contributed by atoms with Crippen LogP contribution in [-0.4, -0.2) is 0 Å². The van der Waals surface area contributed by atoms with Gasteiger partial charge in [0.1, 0.15) is 0 Å². The molecule has 0 aliphatic heterocycles. The summed E-state index contributed by atoms with van der Waals surface area (Å²) < 4.78 is 0. The summed E-state index contributed by atoms with van der Waals surface area (Å²) in [5.41, 5.74) is 5.57. The van der Waals surface area contributed by atoms with E-state index in [1.807, 2.05) is 0 Å². The van der Waals surface area contributed by atoms with E-state index in [2.05, 4.69) is 98.8 Å². The van der Waals surface area contributed by atoms with E-state index < -0.39 is 0 Å².